The Morgan fingerprint density at radius 3 is 2.88 bits per heavy atom. The third-order valence-electron chi connectivity index (χ3n) is 4.56. The van der Waals surface area contributed by atoms with Gasteiger partial charge in [0.05, 0.1) is 25.9 Å². The van der Waals surface area contributed by atoms with E-state index in [1.165, 1.54) is 0 Å². The average Bonchev–Trinajstić information content (AvgIpc) is 3.01. The molecule has 0 bridgehead atoms. The number of nitrogens with zero attached hydrogens (tertiary/aromatic N) is 3. The van der Waals surface area contributed by atoms with Gasteiger partial charge in [-0.25, -0.2) is 9.97 Å². The van der Waals surface area contributed by atoms with Crippen LogP contribution in [-0.4, -0.2) is 55.6 Å². The number of rotatable bonds is 6. The normalized spacial score (nSPS) is 24.1. The Hall–Kier alpha value is -1.44. The van der Waals surface area contributed by atoms with Crippen molar-refractivity contribution in [1.82, 2.24) is 9.97 Å². The highest BCUT2D eigenvalue weighted by molar-refractivity contribution is 7.21. The van der Waals surface area contributed by atoms with Gasteiger partial charge in [-0.3, -0.25) is 0 Å². The topological polar surface area (TPSA) is 56.7 Å². The third-order valence-corrected chi connectivity index (χ3v) is 5.59. The summed E-state index contributed by atoms with van der Waals surface area (Å²) < 4.78 is 16.9. The van der Waals surface area contributed by atoms with Crippen molar-refractivity contribution in [3.8, 4) is 5.88 Å². The van der Waals surface area contributed by atoms with Gasteiger partial charge >= 0.3 is 0 Å². The van der Waals surface area contributed by atoms with Gasteiger partial charge in [-0.05, 0) is 31.7 Å². The molecule has 130 valence electrons. The Morgan fingerprint density at radius 2 is 2.08 bits per heavy atom. The zero-order chi connectivity index (χ0) is 16.4. The first kappa shape index (κ1) is 16.1. The van der Waals surface area contributed by atoms with Crippen molar-refractivity contribution in [2.24, 2.45) is 5.92 Å². The fourth-order valence-electron chi connectivity index (χ4n) is 3.14. The second kappa shape index (κ2) is 7.21. The second-order valence-corrected chi connectivity index (χ2v) is 7.25. The van der Waals surface area contributed by atoms with Crippen LogP contribution in [0.5, 0.6) is 5.88 Å². The fourth-order valence-corrected chi connectivity index (χ4v) is 4.13. The molecule has 1 saturated carbocycles. The van der Waals surface area contributed by atoms with E-state index in [2.05, 4.69) is 14.9 Å². The van der Waals surface area contributed by atoms with E-state index >= 15 is 0 Å². The summed E-state index contributed by atoms with van der Waals surface area (Å²) in [5.41, 5.74) is 0.939. The summed E-state index contributed by atoms with van der Waals surface area (Å²) >= 11 is 1.63. The minimum atomic E-state index is 0.427. The highest BCUT2D eigenvalue weighted by atomic mass is 32.1. The molecule has 0 aromatic carbocycles. The predicted octanol–water partition coefficient (Wildman–Crippen LogP) is 2.72. The van der Waals surface area contributed by atoms with E-state index in [9.17, 15) is 0 Å². The molecular weight excluding hydrogens is 326 g/mol. The molecule has 7 heteroatoms. The van der Waals surface area contributed by atoms with Gasteiger partial charge in [0, 0.05) is 25.8 Å². The Kier molecular flexibility index (Phi) is 4.82. The number of fused-ring (bicyclic) bond motifs is 1. The first-order chi connectivity index (χ1) is 11.8. The number of thiazole rings is 1. The molecule has 1 aliphatic heterocycles. The minimum Gasteiger partial charge on any atom is -0.477 e. The molecule has 2 aromatic rings. The maximum Gasteiger partial charge on any atom is 0.214 e. The molecule has 1 aliphatic carbocycles. The quantitative estimate of drug-likeness (QED) is 0.799. The van der Waals surface area contributed by atoms with Crippen molar-refractivity contribution in [2.75, 3.05) is 44.4 Å². The lowest BCUT2D eigenvalue weighted by molar-refractivity contribution is -0.0367. The molecule has 0 atom stereocenters. The first-order valence-corrected chi connectivity index (χ1v) is 9.48. The molecule has 1 saturated heterocycles. The van der Waals surface area contributed by atoms with Crippen LogP contribution in [0.4, 0.5) is 5.13 Å². The fraction of sp³-hybridized carbons (Fsp3) is 0.647. The van der Waals surface area contributed by atoms with Crippen LogP contribution in [0, 0.1) is 5.92 Å². The van der Waals surface area contributed by atoms with Crippen LogP contribution < -0.4 is 9.64 Å². The minimum absolute atomic E-state index is 0.427. The van der Waals surface area contributed by atoms with E-state index in [4.69, 9.17) is 14.2 Å². The molecule has 0 radical (unpaired) electrons. The number of morpholine rings is 1. The molecule has 6 nitrogen and oxygen atoms in total. The molecule has 0 unspecified atom stereocenters. The Labute approximate surface area is 145 Å². The van der Waals surface area contributed by atoms with Crippen LogP contribution in [0.15, 0.2) is 12.1 Å². The summed E-state index contributed by atoms with van der Waals surface area (Å²) in [6.45, 7) is 6.88. The summed E-state index contributed by atoms with van der Waals surface area (Å²) in [4.78, 5) is 12.5. The summed E-state index contributed by atoms with van der Waals surface area (Å²) in [6, 6.07) is 3.92. The average molecular weight is 349 g/mol. The number of hydrogen-bond donors (Lipinski definition) is 0. The molecule has 2 fully saturated rings. The van der Waals surface area contributed by atoms with Gasteiger partial charge < -0.3 is 19.1 Å². The summed E-state index contributed by atoms with van der Waals surface area (Å²) in [7, 11) is 0. The standard InChI is InChI=1S/C17H23N3O3S/c1-2-22-13-9-12(10-13)11-23-15-4-3-14-16(19-15)24-17(18-14)20-5-7-21-8-6-20/h3-4,12-13H,2,5-11H2,1H3. The van der Waals surface area contributed by atoms with Crippen LogP contribution in [0.2, 0.25) is 0 Å². The van der Waals surface area contributed by atoms with Crippen LogP contribution in [-0.2, 0) is 9.47 Å². The number of ether oxygens (including phenoxy) is 3. The smallest absolute Gasteiger partial charge is 0.214 e. The highest BCUT2D eigenvalue weighted by Crippen LogP contribution is 2.32. The van der Waals surface area contributed by atoms with Gasteiger partial charge in [0.2, 0.25) is 5.88 Å². The SMILES string of the molecule is CCOC1CC(COc2ccc3nc(N4CCOCC4)sc3n2)C1. The van der Waals surface area contributed by atoms with E-state index in [1.54, 1.807) is 11.3 Å². The third kappa shape index (κ3) is 3.48. The largest absolute Gasteiger partial charge is 0.477 e. The molecule has 24 heavy (non-hydrogen) atoms. The van der Waals surface area contributed by atoms with Crippen molar-refractivity contribution in [1.29, 1.82) is 0 Å². The van der Waals surface area contributed by atoms with Crippen LogP contribution in [0.3, 0.4) is 0 Å². The molecule has 0 spiro atoms. The molecular formula is C17H23N3O3S. The highest BCUT2D eigenvalue weighted by Gasteiger charge is 2.30. The van der Waals surface area contributed by atoms with Crippen molar-refractivity contribution < 1.29 is 14.2 Å². The van der Waals surface area contributed by atoms with Crippen molar-refractivity contribution >= 4 is 26.8 Å². The lowest BCUT2D eigenvalue weighted by atomic mass is 9.83. The van der Waals surface area contributed by atoms with Gasteiger partial charge in [-0.1, -0.05) is 11.3 Å². The monoisotopic (exact) mass is 349 g/mol. The zero-order valence-corrected chi connectivity index (χ0v) is 14.8. The Balaban J connectivity index is 1.36. The Morgan fingerprint density at radius 1 is 1.25 bits per heavy atom. The van der Waals surface area contributed by atoms with Crippen LogP contribution >= 0.6 is 11.3 Å². The second-order valence-electron chi connectivity index (χ2n) is 6.30. The summed E-state index contributed by atoms with van der Waals surface area (Å²) in [5.74, 6) is 1.28. The Bertz CT molecular complexity index is 681. The van der Waals surface area contributed by atoms with Gasteiger partial charge in [0.15, 0.2) is 5.13 Å². The maximum atomic E-state index is 5.88. The van der Waals surface area contributed by atoms with Crippen molar-refractivity contribution in [2.45, 2.75) is 25.9 Å². The van der Waals surface area contributed by atoms with Gasteiger partial charge in [0.25, 0.3) is 0 Å². The molecule has 4 rings (SSSR count). The van der Waals surface area contributed by atoms with Crippen molar-refractivity contribution in [3.63, 3.8) is 0 Å². The predicted molar refractivity (Wildman–Crippen MR) is 94.1 cm³/mol. The number of pyridine rings is 1. The lowest BCUT2D eigenvalue weighted by Crippen LogP contribution is -2.36. The summed E-state index contributed by atoms with van der Waals surface area (Å²) in [5, 5.41) is 1.02. The van der Waals surface area contributed by atoms with Crippen molar-refractivity contribution in [3.05, 3.63) is 12.1 Å². The zero-order valence-electron chi connectivity index (χ0n) is 13.9. The number of anilines is 1. The van der Waals surface area contributed by atoms with Crippen LogP contribution in [0.1, 0.15) is 19.8 Å². The molecule has 2 aliphatic rings. The van der Waals surface area contributed by atoms with E-state index in [0.717, 1.165) is 67.8 Å². The summed E-state index contributed by atoms with van der Waals surface area (Å²) in [6.07, 6.45) is 2.62. The van der Waals surface area contributed by atoms with Crippen LogP contribution in [0.25, 0.3) is 10.3 Å². The first-order valence-electron chi connectivity index (χ1n) is 8.66. The van der Waals surface area contributed by atoms with Gasteiger partial charge in [-0.2, -0.15) is 0 Å². The molecule has 0 amide bonds. The maximum absolute atomic E-state index is 5.88. The van der Waals surface area contributed by atoms with Gasteiger partial charge in [-0.15, -0.1) is 0 Å². The van der Waals surface area contributed by atoms with E-state index in [0.29, 0.717) is 17.9 Å². The molecule has 0 N–H and O–H groups in total. The molecule has 3 heterocycles. The molecule has 2 aromatic heterocycles. The van der Waals surface area contributed by atoms with Gasteiger partial charge in [0.1, 0.15) is 10.3 Å². The van der Waals surface area contributed by atoms with E-state index in [-0.39, 0.29) is 0 Å². The lowest BCUT2D eigenvalue weighted by Gasteiger charge is -2.34. The number of hydrogen-bond acceptors (Lipinski definition) is 7. The number of aromatic nitrogens is 2. The van der Waals surface area contributed by atoms with E-state index < -0.39 is 0 Å². The van der Waals surface area contributed by atoms with E-state index in [1.807, 2.05) is 19.1 Å².